The lowest BCUT2D eigenvalue weighted by Crippen LogP contribution is -1.94. The summed E-state index contributed by atoms with van der Waals surface area (Å²) in [6.45, 7) is 0. The van der Waals surface area contributed by atoms with Crippen LogP contribution in [0.5, 0.6) is 0 Å². The summed E-state index contributed by atoms with van der Waals surface area (Å²) in [5.74, 6) is 2.40. The van der Waals surface area contributed by atoms with E-state index in [0.29, 0.717) is 18.4 Å². The monoisotopic (exact) mass is 224 g/mol. The Kier molecular flexibility index (Phi) is 3.57. The molecule has 1 heteroatoms. The maximum atomic E-state index is 13.6. The first kappa shape index (κ1) is 11.4. The van der Waals surface area contributed by atoms with Gasteiger partial charge >= 0.3 is 0 Å². The van der Waals surface area contributed by atoms with Crippen LogP contribution in [0.4, 0.5) is 4.39 Å². The van der Waals surface area contributed by atoms with E-state index in [4.69, 9.17) is 6.42 Å². The lowest BCUT2D eigenvalue weighted by Gasteiger charge is -2.05. The average molecular weight is 224 g/mol. The summed E-state index contributed by atoms with van der Waals surface area (Å²) >= 11 is 0. The van der Waals surface area contributed by atoms with E-state index in [1.165, 1.54) is 6.07 Å². The van der Waals surface area contributed by atoms with Gasteiger partial charge in [-0.05, 0) is 22.8 Å². The van der Waals surface area contributed by atoms with Crippen molar-refractivity contribution in [3.05, 3.63) is 71.0 Å². The molecule has 2 aromatic rings. The first-order chi connectivity index (χ1) is 8.29. The van der Waals surface area contributed by atoms with Gasteiger partial charge in [0, 0.05) is 12.8 Å². The third kappa shape index (κ3) is 2.95. The van der Waals surface area contributed by atoms with Crippen molar-refractivity contribution in [3.63, 3.8) is 0 Å². The molecule has 0 saturated heterocycles. The van der Waals surface area contributed by atoms with Gasteiger partial charge in [0.05, 0.1) is 0 Å². The minimum atomic E-state index is -0.172. The van der Waals surface area contributed by atoms with Gasteiger partial charge in [-0.25, -0.2) is 4.39 Å². The minimum Gasteiger partial charge on any atom is -0.207 e. The second kappa shape index (κ2) is 5.32. The molecule has 0 saturated carbocycles. The SMILES string of the molecule is C#CCc1ccc(F)c(Cc2ccccc2)c1. The van der Waals surface area contributed by atoms with Crippen LogP contribution < -0.4 is 0 Å². The van der Waals surface area contributed by atoms with Gasteiger partial charge in [0.1, 0.15) is 5.82 Å². The van der Waals surface area contributed by atoms with Gasteiger partial charge in [0.25, 0.3) is 0 Å². The molecule has 0 amide bonds. The number of hydrogen-bond donors (Lipinski definition) is 0. The van der Waals surface area contributed by atoms with Gasteiger partial charge in [-0.3, -0.25) is 0 Å². The van der Waals surface area contributed by atoms with Crippen molar-refractivity contribution in [1.29, 1.82) is 0 Å². The second-order valence-electron chi connectivity index (χ2n) is 3.97. The van der Waals surface area contributed by atoms with E-state index in [0.717, 1.165) is 11.1 Å². The van der Waals surface area contributed by atoms with Crippen molar-refractivity contribution in [2.75, 3.05) is 0 Å². The third-order valence-electron chi connectivity index (χ3n) is 2.65. The molecule has 0 radical (unpaired) electrons. The van der Waals surface area contributed by atoms with Crippen molar-refractivity contribution in [1.82, 2.24) is 0 Å². The van der Waals surface area contributed by atoms with Crippen molar-refractivity contribution >= 4 is 0 Å². The zero-order valence-electron chi connectivity index (χ0n) is 9.49. The highest BCUT2D eigenvalue weighted by Gasteiger charge is 2.04. The Balaban J connectivity index is 2.26. The predicted octanol–water partition coefficient (Wildman–Crippen LogP) is 3.59. The summed E-state index contributed by atoms with van der Waals surface area (Å²) in [7, 11) is 0. The smallest absolute Gasteiger partial charge is 0.126 e. The van der Waals surface area contributed by atoms with E-state index in [2.05, 4.69) is 5.92 Å². The summed E-state index contributed by atoms with van der Waals surface area (Å²) in [5, 5.41) is 0. The lowest BCUT2D eigenvalue weighted by molar-refractivity contribution is 0.613. The van der Waals surface area contributed by atoms with E-state index in [9.17, 15) is 4.39 Å². The van der Waals surface area contributed by atoms with Gasteiger partial charge in [-0.2, -0.15) is 0 Å². The average Bonchev–Trinajstić information content (AvgIpc) is 2.35. The Labute approximate surface area is 101 Å². The molecule has 0 fully saturated rings. The number of rotatable bonds is 3. The highest BCUT2D eigenvalue weighted by molar-refractivity contribution is 5.32. The van der Waals surface area contributed by atoms with E-state index < -0.39 is 0 Å². The van der Waals surface area contributed by atoms with E-state index in [1.807, 2.05) is 36.4 Å². The Morgan fingerprint density at radius 2 is 1.76 bits per heavy atom. The first-order valence-corrected chi connectivity index (χ1v) is 5.54. The fraction of sp³-hybridized carbons (Fsp3) is 0.125. The maximum absolute atomic E-state index is 13.6. The fourth-order valence-electron chi connectivity index (χ4n) is 1.81. The Hall–Kier alpha value is -2.07. The van der Waals surface area contributed by atoms with Crippen molar-refractivity contribution in [2.45, 2.75) is 12.8 Å². The molecule has 0 heterocycles. The molecule has 0 aromatic heterocycles. The molecule has 0 nitrogen and oxygen atoms in total. The van der Waals surface area contributed by atoms with Crippen LogP contribution in [-0.4, -0.2) is 0 Å². The molecule has 17 heavy (non-hydrogen) atoms. The molecule has 0 aliphatic carbocycles. The first-order valence-electron chi connectivity index (χ1n) is 5.54. The summed E-state index contributed by atoms with van der Waals surface area (Å²) in [6.07, 6.45) is 6.40. The molecule has 0 spiro atoms. The maximum Gasteiger partial charge on any atom is 0.126 e. The largest absolute Gasteiger partial charge is 0.207 e. The van der Waals surface area contributed by atoms with Crippen LogP contribution >= 0.6 is 0 Å². The molecular weight excluding hydrogens is 211 g/mol. The zero-order valence-corrected chi connectivity index (χ0v) is 9.49. The number of benzene rings is 2. The minimum absolute atomic E-state index is 0.172. The van der Waals surface area contributed by atoms with Gasteiger partial charge in [0.2, 0.25) is 0 Å². The molecule has 2 rings (SSSR count). The molecule has 0 atom stereocenters. The van der Waals surface area contributed by atoms with Crippen molar-refractivity contribution < 1.29 is 4.39 Å². The van der Waals surface area contributed by atoms with E-state index in [-0.39, 0.29) is 5.82 Å². The van der Waals surface area contributed by atoms with Crippen molar-refractivity contribution in [3.8, 4) is 12.3 Å². The van der Waals surface area contributed by atoms with E-state index in [1.54, 1.807) is 6.07 Å². The molecule has 0 N–H and O–H groups in total. The number of hydrogen-bond acceptors (Lipinski definition) is 0. The quantitative estimate of drug-likeness (QED) is 0.699. The molecular formula is C16H13F. The Morgan fingerprint density at radius 3 is 2.47 bits per heavy atom. The molecule has 0 bridgehead atoms. The van der Waals surface area contributed by atoms with Crippen LogP contribution in [0.25, 0.3) is 0 Å². The molecule has 0 aliphatic heterocycles. The molecule has 2 aromatic carbocycles. The van der Waals surface area contributed by atoms with E-state index >= 15 is 0 Å². The van der Waals surface area contributed by atoms with Crippen LogP contribution in [-0.2, 0) is 12.8 Å². The summed E-state index contributed by atoms with van der Waals surface area (Å²) < 4.78 is 13.6. The normalized spacial score (nSPS) is 9.88. The summed E-state index contributed by atoms with van der Waals surface area (Å²) in [4.78, 5) is 0. The molecule has 0 aliphatic rings. The van der Waals surface area contributed by atoms with Gasteiger partial charge in [0.15, 0.2) is 0 Å². The lowest BCUT2D eigenvalue weighted by atomic mass is 10.0. The van der Waals surface area contributed by atoms with Crippen LogP contribution in [0, 0.1) is 18.2 Å². The fourth-order valence-corrected chi connectivity index (χ4v) is 1.81. The van der Waals surface area contributed by atoms with Gasteiger partial charge in [-0.15, -0.1) is 12.3 Å². The van der Waals surface area contributed by atoms with Gasteiger partial charge < -0.3 is 0 Å². The highest BCUT2D eigenvalue weighted by Crippen LogP contribution is 2.15. The topological polar surface area (TPSA) is 0 Å². The number of halogens is 1. The Bertz CT molecular complexity index is 535. The summed E-state index contributed by atoms with van der Waals surface area (Å²) in [6, 6.07) is 14.9. The van der Waals surface area contributed by atoms with Crippen LogP contribution in [0.3, 0.4) is 0 Å². The highest BCUT2D eigenvalue weighted by atomic mass is 19.1. The predicted molar refractivity (Wildman–Crippen MR) is 68.2 cm³/mol. The van der Waals surface area contributed by atoms with Crippen LogP contribution in [0.1, 0.15) is 16.7 Å². The second-order valence-corrected chi connectivity index (χ2v) is 3.97. The Morgan fingerprint density at radius 1 is 1.00 bits per heavy atom. The van der Waals surface area contributed by atoms with Crippen molar-refractivity contribution in [2.24, 2.45) is 0 Å². The van der Waals surface area contributed by atoms with Crippen LogP contribution in [0.2, 0.25) is 0 Å². The zero-order chi connectivity index (χ0) is 12.1. The standard InChI is InChI=1S/C16H13F/c1-2-6-13-9-10-16(17)15(11-13)12-14-7-4-3-5-8-14/h1,3-5,7-11H,6,12H2. The van der Waals surface area contributed by atoms with Gasteiger partial charge in [-0.1, -0.05) is 42.5 Å². The van der Waals surface area contributed by atoms with Crippen LogP contribution in [0.15, 0.2) is 48.5 Å². The third-order valence-corrected chi connectivity index (χ3v) is 2.65. The number of terminal acetylenes is 1. The molecule has 0 unspecified atom stereocenters. The molecule has 84 valence electrons. The summed E-state index contributed by atoms with van der Waals surface area (Å²) in [5.41, 5.74) is 2.79.